The standard InChI is InChI=1S/C20H23ClN4O2/c1-14-17(19(21)24(2)23-14)8-9-18(26)25-12-10-16(11-13-25)22-20(27)15-6-4-3-5-7-15/h3-9,16H,10-13H2,1-2H3,(H,22,27)/b9-8+. The fraction of sp³-hybridized carbons (Fsp3) is 0.350. The van der Waals surface area contributed by atoms with E-state index in [9.17, 15) is 9.59 Å². The maximum Gasteiger partial charge on any atom is 0.251 e. The van der Waals surface area contributed by atoms with Crippen molar-refractivity contribution in [2.24, 2.45) is 7.05 Å². The number of hydrogen-bond acceptors (Lipinski definition) is 3. The van der Waals surface area contributed by atoms with Crippen LogP contribution < -0.4 is 5.32 Å². The number of amides is 2. The summed E-state index contributed by atoms with van der Waals surface area (Å²) in [6.07, 6.45) is 4.74. The van der Waals surface area contributed by atoms with E-state index >= 15 is 0 Å². The molecule has 1 saturated heterocycles. The molecule has 1 aliphatic heterocycles. The molecule has 1 aliphatic rings. The van der Waals surface area contributed by atoms with Gasteiger partial charge in [-0.1, -0.05) is 29.8 Å². The molecule has 1 fully saturated rings. The number of nitrogens with one attached hydrogen (secondary N) is 1. The quantitative estimate of drug-likeness (QED) is 0.821. The van der Waals surface area contributed by atoms with Gasteiger partial charge in [0.05, 0.1) is 5.69 Å². The zero-order valence-electron chi connectivity index (χ0n) is 15.5. The fourth-order valence-electron chi connectivity index (χ4n) is 3.20. The molecule has 0 atom stereocenters. The Labute approximate surface area is 163 Å². The minimum absolute atomic E-state index is 0.0536. The molecular formula is C20H23ClN4O2. The summed E-state index contributed by atoms with van der Waals surface area (Å²) >= 11 is 6.19. The minimum Gasteiger partial charge on any atom is -0.349 e. The largest absolute Gasteiger partial charge is 0.349 e. The average Bonchev–Trinajstić information content (AvgIpc) is 2.92. The second-order valence-corrected chi connectivity index (χ2v) is 7.04. The molecule has 0 radical (unpaired) electrons. The van der Waals surface area contributed by atoms with Gasteiger partial charge in [-0.25, -0.2) is 0 Å². The second kappa shape index (κ2) is 8.39. The van der Waals surface area contributed by atoms with Crippen LogP contribution in [0.25, 0.3) is 6.08 Å². The number of carbonyl (C=O) groups excluding carboxylic acids is 2. The number of piperidine rings is 1. The molecule has 2 aromatic rings. The van der Waals surface area contributed by atoms with Gasteiger partial charge in [0.1, 0.15) is 5.15 Å². The number of halogens is 1. The van der Waals surface area contributed by atoms with E-state index < -0.39 is 0 Å². The van der Waals surface area contributed by atoms with Crippen LogP contribution in [0.3, 0.4) is 0 Å². The molecule has 6 nitrogen and oxygen atoms in total. The van der Waals surface area contributed by atoms with Crippen molar-refractivity contribution in [1.29, 1.82) is 0 Å². The van der Waals surface area contributed by atoms with Crippen LogP contribution in [0.2, 0.25) is 5.15 Å². The Hall–Kier alpha value is -2.60. The Morgan fingerprint density at radius 2 is 1.89 bits per heavy atom. The number of carbonyl (C=O) groups is 2. The monoisotopic (exact) mass is 386 g/mol. The van der Waals surface area contributed by atoms with E-state index in [1.54, 1.807) is 40.9 Å². The molecule has 1 aromatic carbocycles. The predicted molar refractivity (Wildman–Crippen MR) is 105 cm³/mol. The Morgan fingerprint density at radius 1 is 1.22 bits per heavy atom. The molecule has 1 N–H and O–H groups in total. The lowest BCUT2D eigenvalue weighted by Crippen LogP contribution is -2.46. The molecule has 2 amide bonds. The Bertz CT molecular complexity index is 852. The van der Waals surface area contributed by atoms with Crippen LogP contribution in [0.1, 0.15) is 34.5 Å². The van der Waals surface area contributed by atoms with Crippen LogP contribution in [0.4, 0.5) is 0 Å². The maximum absolute atomic E-state index is 12.4. The van der Waals surface area contributed by atoms with Gasteiger partial charge in [0.25, 0.3) is 5.91 Å². The number of hydrogen-bond donors (Lipinski definition) is 1. The van der Waals surface area contributed by atoms with Crippen molar-refractivity contribution in [3.05, 3.63) is 58.4 Å². The number of nitrogens with zero attached hydrogens (tertiary/aromatic N) is 3. The van der Waals surface area contributed by atoms with Crippen LogP contribution in [0, 0.1) is 6.92 Å². The molecule has 2 heterocycles. The number of likely N-dealkylation sites (tertiary alicyclic amines) is 1. The third kappa shape index (κ3) is 4.57. The smallest absolute Gasteiger partial charge is 0.251 e. The molecule has 1 aromatic heterocycles. The van der Waals surface area contributed by atoms with Gasteiger partial charge in [-0.05, 0) is 38.0 Å². The Kier molecular flexibility index (Phi) is 5.96. The highest BCUT2D eigenvalue weighted by molar-refractivity contribution is 6.31. The molecule has 0 unspecified atom stereocenters. The number of rotatable bonds is 4. The summed E-state index contributed by atoms with van der Waals surface area (Å²) in [6, 6.07) is 9.25. The van der Waals surface area contributed by atoms with Crippen LogP contribution >= 0.6 is 11.6 Å². The lowest BCUT2D eigenvalue weighted by molar-refractivity contribution is -0.126. The number of aromatic nitrogens is 2. The topological polar surface area (TPSA) is 67.2 Å². The van der Waals surface area contributed by atoms with Gasteiger partial charge < -0.3 is 10.2 Å². The van der Waals surface area contributed by atoms with E-state index in [1.165, 1.54) is 0 Å². The SMILES string of the molecule is Cc1nn(C)c(Cl)c1/C=C/C(=O)N1CCC(NC(=O)c2ccccc2)CC1. The zero-order chi connectivity index (χ0) is 19.4. The summed E-state index contributed by atoms with van der Waals surface area (Å²) < 4.78 is 1.59. The molecule has 0 saturated carbocycles. The fourth-order valence-corrected chi connectivity index (χ4v) is 3.44. The molecule has 7 heteroatoms. The van der Waals surface area contributed by atoms with Gasteiger partial charge in [0.15, 0.2) is 0 Å². The Balaban J connectivity index is 1.52. The molecule has 142 valence electrons. The summed E-state index contributed by atoms with van der Waals surface area (Å²) in [6.45, 7) is 3.09. The number of benzene rings is 1. The van der Waals surface area contributed by atoms with Crippen molar-refractivity contribution in [3.63, 3.8) is 0 Å². The Morgan fingerprint density at radius 3 is 2.48 bits per heavy atom. The van der Waals surface area contributed by atoms with Crippen molar-refractivity contribution in [3.8, 4) is 0 Å². The summed E-state index contributed by atoms with van der Waals surface area (Å²) in [4.78, 5) is 26.5. The highest BCUT2D eigenvalue weighted by Crippen LogP contribution is 2.20. The van der Waals surface area contributed by atoms with Gasteiger partial charge in [-0.3, -0.25) is 14.3 Å². The molecule has 27 heavy (non-hydrogen) atoms. The summed E-state index contributed by atoms with van der Waals surface area (Å²) in [5.41, 5.74) is 2.20. The van der Waals surface area contributed by atoms with Gasteiger partial charge >= 0.3 is 0 Å². The highest BCUT2D eigenvalue weighted by atomic mass is 35.5. The van der Waals surface area contributed by atoms with E-state index in [0.29, 0.717) is 23.8 Å². The third-order valence-electron chi connectivity index (χ3n) is 4.77. The van der Waals surface area contributed by atoms with Crippen LogP contribution in [-0.2, 0) is 11.8 Å². The summed E-state index contributed by atoms with van der Waals surface area (Å²) in [7, 11) is 1.77. The van der Waals surface area contributed by atoms with Crippen molar-refractivity contribution in [1.82, 2.24) is 20.0 Å². The number of aryl methyl sites for hydroxylation is 2. The molecule has 0 spiro atoms. The minimum atomic E-state index is -0.0676. The first-order valence-electron chi connectivity index (χ1n) is 8.97. The molecule has 0 aliphatic carbocycles. The van der Waals surface area contributed by atoms with Gasteiger partial charge in [0, 0.05) is 43.4 Å². The normalized spacial score (nSPS) is 15.3. The van der Waals surface area contributed by atoms with E-state index in [4.69, 9.17) is 11.6 Å². The molecular weight excluding hydrogens is 364 g/mol. The van der Waals surface area contributed by atoms with Gasteiger partial charge in [0.2, 0.25) is 5.91 Å². The predicted octanol–water partition coefficient (Wildman–Crippen LogP) is 2.82. The first-order valence-corrected chi connectivity index (χ1v) is 9.35. The molecule has 3 rings (SSSR count). The highest BCUT2D eigenvalue weighted by Gasteiger charge is 2.23. The van der Waals surface area contributed by atoms with E-state index in [1.807, 2.05) is 25.1 Å². The van der Waals surface area contributed by atoms with Crippen molar-refractivity contribution in [2.45, 2.75) is 25.8 Å². The molecule has 0 bridgehead atoms. The lowest BCUT2D eigenvalue weighted by Gasteiger charge is -2.31. The van der Waals surface area contributed by atoms with Crippen molar-refractivity contribution < 1.29 is 9.59 Å². The van der Waals surface area contributed by atoms with Crippen LogP contribution in [-0.4, -0.2) is 45.6 Å². The average molecular weight is 387 g/mol. The van der Waals surface area contributed by atoms with Crippen molar-refractivity contribution in [2.75, 3.05) is 13.1 Å². The van der Waals surface area contributed by atoms with E-state index in [-0.39, 0.29) is 17.9 Å². The van der Waals surface area contributed by atoms with E-state index in [0.717, 1.165) is 24.1 Å². The van der Waals surface area contributed by atoms with E-state index in [2.05, 4.69) is 10.4 Å². The van der Waals surface area contributed by atoms with Gasteiger partial charge in [-0.15, -0.1) is 0 Å². The van der Waals surface area contributed by atoms with Crippen LogP contribution in [0.5, 0.6) is 0 Å². The van der Waals surface area contributed by atoms with Crippen LogP contribution in [0.15, 0.2) is 36.4 Å². The summed E-state index contributed by atoms with van der Waals surface area (Å²) in [5, 5.41) is 7.79. The zero-order valence-corrected chi connectivity index (χ0v) is 16.2. The second-order valence-electron chi connectivity index (χ2n) is 6.69. The third-order valence-corrected chi connectivity index (χ3v) is 5.21. The first kappa shape index (κ1) is 19.2. The maximum atomic E-state index is 12.4. The summed E-state index contributed by atoms with van der Waals surface area (Å²) in [5.74, 6) is -0.121. The van der Waals surface area contributed by atoms with Crippen molar-refractivity contribution >= 4 is 29.5 Å². The van der Waals surface area contributed by atoms with Gasteiger partial charge in [-0.2, -0.15) is 5.10 Å². The first-order chi connectivity index (χ1) is 13.0. The lowest BCUT2D eigenvalue weighted by atomic mass is 10.0.